The molecule has 0 aliphatic carbocycles. The van der Waals surface area contributed by atoms with Gasteiger partial charge in [0.05, 0.1) is 11.7 Å². The summed E-state index contributed by atoms with van der Waals surface area (Å²) in [6, 6.07) is 6.88. The van der Waals surface area contributed by atoms with Gasteiger partial charge in [0.1, 0.15) is 11.5 Å². The first-order valence-electron chi connectivity index (χ1n) is 7.88. The molecule has 5 nitrogen and oxygen atoms in total. The van der Waals surface area contributed by atoms with Gasteiger partial charge < -0.3 is 14.2 Å². The second-order valence-corrected chi connectivity index (χ2v) is 6.84. The maximum atomic E-state index is 12.4. The first-order chi connectivity index (χ1) is 11.9. The van der Waals surface area contributed by atoms with Crippen LogP contribution in [-0.4, -0.2) is 24.5 Å². The van der Waals surface area contributed by atoms with Crippen LogP contribution in [-0.2, 0) is 9.53 Å². The van der Waals surface area contributed by atoms with Crippen LogP contribution in [0.2, 0.25) is 0 Å². The molecule has 0 bridgehead atoms. The fourth-order valence-corrected chi connectivity index (χ4v) is 3.20. The lowest BCUT2D eigenvalue weighted by Gasteiger charge is -2.09. The van der Waals surface area contributed by atoms with Gasteiger partial charge in [-0.15, -0.1) is 11.3 Å². The Morgan fingerprint density at radius 2 is 2.12 bits per heavy atom. The molecule has 0 radical (unpaired) electrons. The van der Waals surface area contributed by atoms with Crippen molar-refractivity contribution in [3.8, 4) is 11.5 Å². The number of ether oxygens (including phenoxy) is 3. The average Bonchev–Trinajstić information content (AvgIpc) is 3.09. The summed E-state index contributed by atoms with van der Waals surface area (Å²) in [5.41, 5.74) is 1.58. The molecule has 2 heterocycles. The van der Waals surface area contributed by atoms with Gasteiger partial charge in [-0.25, -0.2) is 4.79 Å². The summed E-state index contributed by atoms with van der Waals surface area (Å²) in [4.78, 5) is 25.0. The van der Waals surface area contributed by atoms with Gasteiger partial charge in [-0.1, -0.05) is 0 Å². The first kappa shape index (κ1) is 17.2. The third kappa shape index (κ3) is 3.91. The maximum absolute atomic E-state index is 12.4. The third-order valence-corrected chi connectivity index (χ3v) is 4.50. The molecule has 0 spiro atoms. The summed E-state index contributed by atoms with van der Waals surface area (Å²) in [5, 5.41) is 1.97. The lowest BCUT2D eigenvalue weighted by atomic mass is 10.1. The molecule has 1 aromatic heterocycles. The largest absolute Gasteiger partial charge is 0.482 e. The molecule has 3 rings (SSSR count). The van der Waals surface area contributed by atoms with Gasteiger partial charge in [0, 0.05) is 17.0 Å². The number of rotatable bonds is 5. The number of thiophene rings is 1. The maximum Gasteiger partial charge on any atom is 0.344 e. The molecule has 130 valence electrons. The van der Waals surface area contributed by atoms with E-state index in [-0.39, 0.29) is 24.3 Å². The molecule has 0 fully saturated rings. The van der Waals surface area contributed by atoms with E-state index in [2.05, 4.69) is 0 Å². The molecule has 1 aromatic carbocycles. The highest BCUT2D eigenvalue weighted by atomic mass is 32.1. The van der Waals surface area contributed by atoms with E-state index < -0.39 is 5.97 Å². The zero-order valence-electron chi connectivity index (χ0n) is 14.2. The number of fused-ring (bicyclic) bond motifs is 1. The molecular formula is C19H18O5S. The summed E-state index contributed by atoms with van der Waals surface area (Å²) in [5.74, 6) is 0.563. The predicted molar refractivity (Wildman–Crippen MR) is 95.2 cm³/mol. The highest BCUT2D eigenvalue weighted by Crippen LogP contribution is 2.35. The standard InChI is InChI=1S/C19H18O5S/c1-11(2)23-18(20)10-22-13-4-5-14-15(8-13)24-16(19(14)21)9-17-12(3)6-7-25-17/h4-9,11H,10H2,1-3H3. The fraction of sp³-hybridized carbons (Fsp3) is 0.263. The second kappa shape index (κ2) is 7.11. The van der Waals surface area contributed by atoms with E-state index >= 15 is 0 Å². The number of aryl methyl sites for hydroxylation is 1. The monoisotopic (exact) mass is 358 g/mol. The number of Topliss-reactive ketones (excluding diaryl/α,β-unsaturated/α-hetero) is 1. The Morgan fingerprint density at radius 3 is 2.80 bits per heavy atom. The molecule has 25 heavy (non-hydrogen) atoms. The van der Waals surface area contributed by atoms with Gasteiger partial charge in [-0.3, -0.25) is 4.79 Å². The molecule has 1 aliphatic heterocycles. The Labute approximate surface area is 149 Å². The van der Waals surface area contributed by atoms with Gasteiger partial charge in [-0.2, -0.15) is 0 Å². The number of esters is 1. The molecule has 0 unspecified atom stereocenters. The van der Waals surface area contributed by atoms with Crippen LogP contribution in [0.15, 0.2) is 35.4 Å². The first-order valence-corrected chi connectivity index (χ1v) is 8.76. The minimum absolute atomic E-state index is 0.159. The molecule has 6 heteroatoms. The Morgan fingerprint density at radius 1 is 1.32 bits per heavy atom. The number of carbonyl (C=O) groups excluding carboxylic acids is 2. The second-order valence-electron chi connectivity index (χ2n) is 5.89. The molecule has 0 atom stereocenters. The van der Waals surface area contributed by atoms with Crippen LogP contribution in [0.4, 0.5) is 0 Å². The van der Waals surface area contributed by atoms with E-state index in [9.17, 15) is 9.59 Å². The molecule has 1 aliphatic rings. The lowest BCUT2D eigenvalue weighted by molar-refractivity contribution is -0.149. The zero-order chi connectivity index (χ0) is 18.0. The minimum Gasteiger partial charge on any atom is -0.482 e. The minimum atomic E-state index is -0.443. The van der Waals surface area contributed by atoms with Crippen molar-refractivity contribution in [3.63, 3.8) is 0 Å². The highest BCUT2D eigenvalue weighted by molar-refractivity contribution is 7.11. The highest BCUT2D eigenvalue weighted by Gasteiger charge is 2.28. The Balaban J connectivity index is 1.72. The van der Waals surface area contributed by atoms with Crippen molar-refractivity contribution in [2.75, 3.05) is 6.61 Å². The summed E-state index contributed by atoms with van der Waals surface area (Å²) in [6.07, 6.45) is 1.56. The van der Waals surface area contributed by atoms with Crippen molar-refractivity contribution < 1.29 is 23.8 Å². The topological polar surface area (TPSA) is 61.8 Å². The van der Waals surface area contributed by atoms with E-state index in [4.69, 9.17) is 14.2 Å². The van der Waals surface area contributed by atoms with Crippen LogP contribution in [0.1, 0.15) is 34.6 Å². The van der Waals surface area contributed by atoms with Gasteiger partial charge in [-0.05, 0) is 49.9 Å². The Hall–Kier alpha value is -2.60. The third-order valence-electron chi connectivity index (χ3n) is 3.53. The van der Waals surface area contributed by atoms with Crippen molar-refractivity contribution in [1.82, 2.24) is 0 Å². The number of benzene rings is 1. The van der Waals surface area contributed by atoms with Crippen molar-refractivity contribution in [2.24, 2.45) is 0 Å². The van der Waals surface area contributed by atoms with Crippen molar-refractivity contribution in [1.29, 1.82) is 0 Å². The Bertz CT molecular complexity index is 847. The normalized spacial score (nSPS) is 14.6. The van der Waals surface area contributed by atoms with Crippen LogP contribution in [0, 0.1) is 6.92 Å². The number of carbonyl (C=O) groups is 2. The molecule has 2 aromatic rings. The van der Waals surface area contributed by atoms with E-state index in [1.54, 1.807) is 49.5 Å². The average molecular weight is 358 g/mol. The zero-order valence-corrected chi connectivity index (χ0v) is 15.0. The predicted octanol–water partition coefficient (Wildman–Crippen LogP) is 4.00. The number of ketones is 1. The summed E-state index contributed by atoms with van der Waals surface area (Å²) < 4.78 is 16.1. The number of hydrogen-bond donors (Lipinski definition) is 0. The fourth-order valence-electron chi connectivity index (χ4n) is 2.35. The molecule has 0 saturated heterocycles. The molecule has 0 saturated carbocycles. The van der Waals surface area contributed by atoms with Gasteiger partial charge in [0.15, 0.2) is 12.4 Å². The van der Waals surface area contributed by atoms with Gasteiger partial charge in [0.2, 0.25) is 5.78 Å². The van der Waals surface area contributed by atoms with E-state index in [0.29, 0.717) is 17.1 Å². The summed E-state index contributed by atoms with van der Waals surface area (Å²) in [7, 11) is 0. The van der Waals surface area contributed by atoms with E-state index in [0.717, 1.165) is 10.4 Å². The van der Waals surface area contributed by atoms with Crippen molar-refractivity contribution in [3.05, 3.63) is 51.4 Å². The summed E-state index contributed by atoms with van der Waals surface area (Å²) in [6.45, 7) is 5.34. The van der Waals surface area contributed by atoms with Gasteiger partial charge >= 0.3 is 5.97 Å². The quantitative estimate of drug-likeness (QED) is 0.597. The number of hydrogen-bond acceptors (Lipinski definition) is 6. The van der Waals surface area contributed by atoms with Crippen LogP contribution < -0.4 is 9.47 Å². The van der Waals surface area contributed by atoms with E-state index in [1.807, 2.05) is 18.4 Å². The molecular weight excluding hydrogens is 340 g/mol. The SMILES string of the molecule is Cc1ccsc1C=C1Oc2cc(OCC(=O)OC(C)C)ccc2C1=O. The molecule has 0 amide bonds. The smallest absolute Gasteiger partial charge is 0.344 e. The summed E-state index contributed by atoms with van der Waals surface area (Å²) >= 11 is 1.55. The van der Waals surface area contributed by atoms with Crippen LogP contribution in [0.3, 0.4) is 0 Å². The lowest BCUT2D eigenvalue weighted by Crippen LogP contribution is -2.18. The van der Waals surface area contributed by atoms with Crippen LogP contribution in [0.5, 0.6) is 11.5 Å². The number of allylic oxidation sites excluding steroid dienone is 1. The molecule has 0 N–H and O–H groups in total. The van der Waals surface area contributed by atoms with Crippen LogP contribution >= 0.6 is 11.3 Å². The van der Waals surface area contributed by atoms with Crippen molar-refractivity contribution in [2.45, 2.75) is 26.9 Å². The Kier molecular flexibility index (Phi) is 4.90. The van der Waals surface area contributed by atoms with E-state index in [1.165, 1.54) is 0 Å². The van der Waals surface area contributed by atoms with Crippen molar-refractivity contribution >= 4 is 29.2 Å². The van der Waals surface area contributed by atoms with Gasteiger partial charge in [0.25, 0.3) is 0 Å². The van der Waals surface area contributed by atoms with Crippen LogP contribution in [0.25, 0.3) is 6.08 Å².